The zero-order valence-corrected chi connectivity index (χ0v) is 11.6. The van der Waals surface area contributed by atoms with Gasteiger partial charge in [-0.15, -0.1) is 10.2 Å². The van der Waals surface area contributed by atoms with Crippen LogP contribution in [0.5, 0.6) is 0 Å². The lowest BCUT2D eigenvalue weighted by Gasteiger charge is -2.28. The van der Waals surface area contributed by atoms with Crippen LogP contribution in [0, 0.1) is 0 Å². The zero-order chi connectivity index (χ0) is 14.7. The van der Waals surface area contributed by atoms with Gasteiger partial charge >= 0.3 is 0 Å². The maximum absolute atomic E-state index is 5.92. The van der Waals surface area contributed by atoms with Crippen molar-refractivity contribution in [3.8, 4) is 11.4 Å². The summed E-state index contributed by atoms with van der Waals surface area (Å²) in [6, 6.07) is 7.51. The maximum Gasteiger partial charge on any atom is 0.189 e. The molecule has 8 nitrogen and oxygen atoms in total. The number of nitrogens with zero attached hydrogens (tertiary/aromatic N) is 4. The van der Waals surface area contributed by atoms with Crippen LogP contribution < -0.4 is 27.2 Å². The third-order valence-electron chi connectivity index (χ3n) is 3.42. The van der Waals surface area contributed by atoms with Crippen molar-refractivity contribution in [3.63, 3.8) is 0 Å². The minimum Gasteiger partial charge on any atom is -0.379 e. The highest BCUT2D eigenvalue weighted by atomic mass is 15.3. The third kappa shape index (κ3) is 2.86. The first-order chi connectivity index (χ1) is 10.3. The Balaban J connectivity index is 1.92. The van der Waals surface area contributed by atoms with Gasteiger partial charge in [0.1, 0.15) is 0 Å². The van der Waals surface area contributed by atoms with Gasteiger partial charge in [-0.1, -0.05) is 0 Å². The van der Waals surface area contributed by atoms with E-state index < -0.39 is 0 Å². The van der Waals surface area contributed by atoms with Crippen LogP contribution >= 0.6 is 0 Å². The molecular weight excluding hydrogens is 268 g/mol. The van der Waals surface area contributed by atoms with E-state index in [1.54, 1.807) is 0 Å². The first-order valence-corrected chi connectivity index (χ1v) is 6.81. The number of nitrogens with one attached hydrogen (secondary N) is 2. The Hall–Kier alpha value is -2.45. The van der Waals surface area contributed by atoms with E-state index in [2.05, 4.69) is 30.8 Å². The molecular formula is C13H18N8. The van der Waals surface area contributed by atoms with E-state index >= 15 is 0 Å². The lowest BCUT2D eigenvalue weighted by atomic mass is 10.2. The molecule has 0 spiro atoms. The fraction of sp³-hybridized carbons (Fsp3) is 0.308. The van der Waals surface area contributed by atoms with Gasteiger partial charge in [-0.3, -0.25) is 5.84 Å². The first-order valence-electron chi connectivity index (χ1n) is 6.81. The van der Waals surface area contributed by atoms with Gasteiger partial charge in [0.2, 0.25) is 0 Å². The molecule has 1 aliphatic rings. The molecule has 6 N–H and O–H groups in total. The molecule has 1 aromatic carbocycles. The summed E-state index contributed by atoms with van der Waals surface area (Å²) in [5.74, 6) is 6.97. The monoisotopic (exact) mass is 286 g/mol. The van der Waals surface area contributed by atoms with E-state index in [1.165, 1.54) is 0 Å². The van der Waals surface area contributed by atoms with E-state index in [9.17, 15) is 0 Å². The Morgan fingerprint density at radius 3 is 2.48 bits per heavy atom. The van der Waals surface area contributed by atoms with Gasteiger partial charge in [0.15, 0.2) is 17.5 Å². The van der Waals surface area contributed by atoms with Crippen molar-refractivity contribution in [2.45, 2.75) is 0 Å². The summed E-state index contributed by atoms with van der Waals surface area (Å²) in [6.07, 6.45) is 0. The topological polar surface area (TPSA) is 118 Å². The van der Waals surface area contributed by atoms with Crippen LogP contribution in [-0.2, 0) is 0 Å². The second kappa shape index (κ2) is 5.90. The summed E-state index contributed by atoms with van der Waals surface area (Å²) < 4.78 is 0. The summed E-state index contributed by atoms with van der Waals surface area (Å²) in [6.45, 7) is 3.54. The van der Waals surface area contributed by atoms with Gasteiger partial charge in [-0.05, 0) is 24.3 Å². The molecule has 1 aromatic heterocycles. The number of nitrogens with two attached hydrogens (primary N) is 2. The molecule has 3 rings (SSSR count). The molecule has 110 valence electrons. The summed E-state index contributed by atoms with van der Waals surface area (Å²) >= 11 is 0. The van der Waals surface area contributed by atoms with Gasteiger partial charge in [0.05, 0.1) is 0 Å². The molecule has 1 saturated heterocycles. The number of nitrogen functional groups attached to an aromatic ring is 2. The second-order valence-corrected chi connectivity index (χ2v) is 4.80. The van der Waals surface area contributed by atoms with Crippen LogP contribution in [-0.4, -0.2) is 41.4 Å². The number of hydrogen-bond acceptors (Lipinski definition) is 8. The van der Waals surface area contributed by atoms with Crippen molar-refractivity contribution >= 4 is 17.3 Å². The van der Waals surface area contributed by atoms with E-state index in [4.69, 9.17) is 11.6 Å². The number of aromatic nitrogens is 3. The predicted octanol–water partition coefficient (Wildman–Crippen LogP) is -0.184. The van der Waals surface area contributed by atoms with Crippen molar-refractivity contribution in [2.75, 3.05) is 42.2 Å². The van der Waals surface area contributed by atoms with Crippen molar-refractivity contribution in [3.05, 3.63) is 24.3 Å². The van der Waals surface area contributed by atoms with Crippen LogP contribution in [0.4, 0.5) is 17.3 Å². The molecule has 21 heavy (non-hydrogen) atoms. The van der Waals surface area contributed by atoms with Crippen molar-refractivity contribution in [2.24, 2.45) is 5.84 Å². The molecule has 0 amide bonds. The van der Waals surface area contributed by atoms with Crippen LogP contribution in [0.3, 0.4) is 0 Å². The van der Waals surface area contributed by atoms with Gasteiger partial charge < -0.3 is 21.4 Å². The SMILES string of the molecule is NNc1ccc(-c2nnc(N)c(N3CCNCC3)n2)cc1. The smallest absolute Gasteiger partial charge is 0.189 e. The minimum absolute atomic E-state index is 0.362. The molecule has 0 atom stereocenters. The number of piperazine rings is 1. The van der Waals surface area contributed by atoms with Crippen LogP contribution in [0.2, 0.25) is 0 Å². The van der Waals surface area contributed by atoms with E-state index in [1.807, 2.05) is 24.3 Å². The van der Waals surface area contributed by atoms with E-state index in [0.29, 0.717) is 17.5 Å². The van der Waals surface area contributed by atoms with Crippen molar-refractivity contribution in [1.29, 1.82) is 0 Å². The molecule has 2 heterocycles. The second-order valence-electron chi connectivity index (χ2n) is 4.80. The molecule has 8 heteroatoms. The van der Waals surface area contributed by atoms with Crippen molar-refractivity contribution in [1.82, 2.24) is 20.5 Å². The van der Waals surface area contributed by atoms with E-state index in [0.717, 1.165) is 37.4 Å². The normalized spacial score (nSPS) is 15.0. The fourth-order valence-electron chi connectivity index (χ4n) is 2.27. The number of anilines is 3. The molecule has 1 fully saturated rings. The summed E-state index contributed by atoms with van der Waals surface area (Å²) in [7, 11) is 0. The molecule has 0 bridgehead atoms. The van der Waals surface area contributed by atoms with Gasteiger partial charge in [0.25, 0.3) is 0 Å². The van der Waals surface area contributed by atoms with Gasteiger partial charge in [-0.2, -0.15) is 0 Å². The molecule has 0 radical (unpaired) electrons. The standard InChI is InChI=1S/C13H18N8/c14-11-13(21-7-5-16-6-8-21)17-12(20-19-11)9-1-3-10(18-15)4-2-9/h1-4,16,18H,5-8,15H2,(H2,14,19). The summed E-state index contributed by atoms with van der Waals surface area (Å²) in [5, 5.41) is 11.4. The number of hydrazine groups is 1. The van der Waals surface area contributed by atoms with Crippen LogP contribution in [0.1, 0.15) is 0 Å². The first kappa shape index (κ1) is 13.5. The number of rotatable bonds is 3. The average molecular weight is 286 g/mol. The highest BCUT2D eigenvalue weighted by molar-refractivity contribution is 5.64. The highest BCUT2D eigenvalue weighted by Gasteiger charge is 2.17. The Morgan fingerprint density at radius 1 is 1.10 bits per heavy atom. The Kier molecular flexibility index (Phi) is 3.80. The summed E-state index contributed by atoms with van der Waals surface area (Å²) in [4.78, 5) is 6.69. The predicted molar refractivity (Wildman–Crippen MR) is 82.6 cm³/mol. The largest absolute Gasteiger partial charge is 0.379 e. The molecule has 1 aliphatic heterocycles. The van der Waals surface area contributed by atoms with E-state index in [-0.39, 0.29) is 0 Å². The fourth-order valence-corrected chi connectivity index (χ4v) is 2.27. The highest BCUT2D eigenvalue weighted by Crippen LogP contribution is 2.23. The minimum atomic E-state index is 0.362. The van der Waals surface area contributed by atoms with Gasteiger partial charge in [-0.25, -0.2) is 4.98 Å². The maximum atomic E-state index is 5.92. The molecule has 0 unspecified atom stereocenters. The van der Waals surface area contributed by atoms with Crippen LogP contribution in [0.25, 0.3) is 11.4 Å². The molecule has 0 aliphatic carbocycles. The molecule has 2 aromatic rings. The molecule has 0 saturated carbocycles. The van der Waals surface area contributed by atoms with Crippen LogP contribution in [0.15, 0.2) is 24.3 Å². The zero-order valence-electron chi connectivity index (χ0n) is 11.6. The Bertz CT molecular complexity index is 606. The average Bonchev–Trinajstić information content (AvgIpc) is 2.56. The Morgan fingerprint density at radius 2 is 1.81 bits per heavy atom. The van der Waals surface area contributed by atoms with Crippen molar-refractivity contribution < 1.29 is 0 Å². The Labute approximate surface area is 122 Å². The van der Waals surface area contributed by atoms with Gasteiger partial charge in [0, 0.05) is 37.4 Å². The summed E-state index contributed by atoms with van der Waals surface area (Å²) in [5.41, 5.74) is 10.2. The number of hydrogen-bond donors (Lipinski definition) is 4. The lowest BCUT2D eigenvalue weighted by molar-refractivity contribution is 0.584. The lowest BCUT2D eigenvalue weighted by Crippen LogP contribution is -2.44. The third-order valence-corrected chi connectivity index (χ3v) is 3.42. The quantitative estimate of drug-likeness (QED) is 0.453. The number of benzene rings is 1.